The van der Waals surface area contributed by atoms with Crippen LogP contribution in [-0.4, -0.2) is 18.9 Å². The van der Waals surface area contributed by atoms with Crippen LogP contribution >= 0.6 is 0 Å². The number of rotatable bonds is 4. The first-order valence-electron chi connectivity index (χ1n) is 7.84. The van der Waals surface area contributed by atoms with Gasteiger partial charge in [-0.05, 0) is 41.3 Å². The summed E-state index contributed by atoms with van der Waals surface area (Å²) in [6.45, 7) is 2.10. The molecule has 118 valence electrons. The Morgan fingerprint density at radius 2 is 1.83 bits per heavy atom. The van der Waals surface area contributed by atoms with Gasteiger partial charge in [-0.25, -0.2) is 0 Å². The lowest BCUT2D eigenvalue weighted by Crippen LogP contribution is -2.20. The number of fused-ring (bicyclic) bond motifs is 1. The SMILES string of the molecule is CCc1ccc(NC(=O)Cc2ccc3c(c2)CC(=O)N3C)cc1. The number of likely N-dealkylation sites (N-methyl/N-ethyl adjacent to an activating group) is 1. The van der Waals surface area contributed by atoms with Gasteiger partial charge >= 0.3 is 0 Å². The summed E-state index contributed by atoms with van der Waals surface area (Å²) in [6.07, 6.45) is 1.71. The molecule has 0 fully saturated rings. The highest BCUT2D eigenvalue weighted by molar-refractivity contribution is 6.01. The highest BCUT2D eigenvalue weighted by Gasteiger charge is 2.24. The highest BCUT2D eigenvalue weighted by atomic mass is 16.2. The van der Waals surface area contributed by atoms with E-state index in [4.69, 9.17) is 0 Å². The van der Waals surface area contributed by atoms with Crippen molar-refractivity contribution in [2.75, 3.05) is 17.3 Å². The van der Waals surface area contributed by atoms with Crippen LogP contribution in [0.3, 0.4) is 0 Å². The highest BCUT2D eigenvalue weighted by Crippen LogP contribution is 2.28. The van der Waals surface area contributed by atoms with E-state index in [2.05, 4.69) is 12.2 Å². The largest absolute Gasteiger partial charge is 0.326 e. The lowest BCUT2D eigenvalue weighted by molar-refractivity contribution is -0.117. The first-order valence-corrected chi connectivity index (χ1v) is 7.84. The van der Waals surface area contributed by atoms with E-state index in [1.54, 1.807) is 11.9 Å². The summed E-state index contributed by atoms with van der Waals surface area (Å²) in [4.78, 5) is 25.5. The molecule has 0 bridgehead atoms. The Kier molecular flexibility index (Phi) is 4.15. The third kappa shape index (κ3) is 3.26. The molecule has 1 aliphatic rings. The molecule has 4 heteroatoms. The lowest BCUT2D eigenvalue weighted by atomic mass is 10.1. The smallest absolute Gasteiger partial charge is 0.231 e. The van der Waals surface area contributed by atoms with Gasteiger partial charge in [-0.3, -0.25) is 9.59 Å². The van der Waals surface area contributed by atoms with E-state index in [1.807, 2.05) is 42.5 Å². The molecule has 0 spiro atoms. The number of carbonyl (C=O) groups excluding carboxylic acids is 2. The fourth-order valence-electron chi connectivity index (χ4n) is 2.85. The number of hydrogen-bond donors (Lipinski definition) is 1. The second-order valence-electron chi connectivity index (χ2n) is 5.87. The summed E-state index contributed by atoms with van der Waals surface area (Å²) in [6, 6.07) is 13.7. The molecule has 0 atom stereocenters. The van der Waals surface area contributed by atoms with Crippen molar-refractivity contribution in [3.63, 3.8) is 0 Å². The molecule has 4 nitrogen and oxygen atoms in total. The number of benzene rings is 2. The van der Waals surface area contributed by atoms with Gasteiger partial charge in [0.2, 0.25) is 11.8 Å². The number of nitrogens with zero attached hydrogens (tertiary/aromatic N) is 1. The minimum absolute atomic E-state index is 0.0492. The molecule has 0 radical (unpaired) electrons. The quantitative estimate of drug-likeness (QED) is 0.944. The van der Waals surface area contributed by atoms with E-state index < -0.39 is 0 Å². The Hall–Kier alpha value is -2.62. The van der Waals surface area contributed by atoms with Crippen LogP contribution in [0.4, 0.5) is 11.4 Å². The monoisotopic (exact) mass is 308 g/mol. The molecule has 0 saturated heterocycles. The average molecular weight is 308 g/mol. The van der Waals surface area contributed by atoms with Gasteiger partial charge in [0.25, 0.3) is 0 Å². The van der Waals surface area contributed by atoms with E-state index in [0.29, 0.717) is 12.8 Å². The summed E-state index contributed by atoms with van der Waals surface area (Å²) in [5.74, 6) is 0.0458. The van der Waals surface area contributed by atoms with E-state index in [9.17, 15) is 9.59 Å². The van der Waals surface area contributed by atoms with Crippen LogP contribution < -0.4 is 10.2 Å². The molecule has 2 aromatic rings. The zero-order valence-corrected chi connectivity index (χ0v) is 13.4. The van der Waals surface area contributed by atoms with Gasteiger partial charge in [0.1, 0.15) is 0 Å². The Labute approximate surface area is 136 Å². The van der Waals surface area contributed by atoms with Crippen molar-refractivity contribution >= 4 is 23.2 Å². The van der Waals surface area contributed by atoms with Crippen LogP contribution in [-0.2, 0) is 28.9 Å². The molecule has 1 heterocycles. The molecule has 2 amide bonds. The summed E-state index contributed by atoms with van der Waals surface area (Å²) in [7, 11) is 1.78. The topological polar surface area (TPSA) is 49.4 Å². The van der Waals surface area contributed by atoms with Gasteiger partial charge < -0.3 is 10.2 Å². The first-order chi connectivity index (χ1) is 11.1. The van der Waals surface area contributed by atoms with Gasteiger partial charge in [0, 0.05) is 18.4 Å². The van der Waals surface area contributed by atoms with Gasteiger partial charge in [-0.1, -0.05) is 31.2 Å². The third-order valence-electron chi connectivity index (χ3n) is 4.23. The van der Waals surface area contributed by atoms with Crippen molar-refractivity contribution < 1.29 is 9.59 Å². The molecule has 0 aromatic heterocycles. The Bertz CT molecular complexity index is 750. The zero-order chi connectivity index (χ0) is 16.4. The van der Waals surface area contributed by atoms with Crippen LogP contribution in [0.1, 0.15) is 23.6 Å². The van der Waals surface area contributed by atoms with Crippen LogP contribution in [0, 0.1) is 0 Å². The molecule has 0 aliphatic carbocycles. The maximum atomic E-state index is 12.2. The van der Waals surface area contributed by atoms with Crippen molar-refractivity contribution in [3.05, 3.63) is 59.2 Å². The molecule has 1 aliphatic heterocycles. The van der Waals surface area contributed by atoms with Crippen LogP contribution in [0.5, 0.6) is 0 Å². The Morgan fingerprint density at radius 1 is 1.13 bits per heavy atom. The standard InChI is InChI=1S/C19H20N2O2/c1-3-13-4-7-16(8-5-13)20-18(22)11-14-6-9-17-15(10-14)12-19(23)21(17)2/h4-10H,3,11-12H2,1-2H3,(H,20,22). The Balaban J connectivity index is 1.66. The predicted octanol–water partition coefficient (Wildman–Crippen LogP) is 2.95. The number of carbonyl (C=O) groups is 2. The summed E-state index contributed by atoms with van der Waals surface area (Å²) in [5, 5.41) is 2.91. The minimum atomic E-state index is -0.0492. The number of anilines is 2. The summed E-state index contributed by atoms with van der Waals surface area (Å²) in [5.41, 5.74) is 4.91. The van der Waals surface area contributed by atoms with Gasteiger partial charge in [-0.2, -0.15) is 0 Å². The molecule has 0 unspecified atom stereocenters. The minimum Gasteiger partial charge on any atom is -0.326 e. The molecule has 0 saturated carbocycles. The van der Waals surface area contributed by atoms with Crippen molar-refractivity contribution in [1.29, 1.82) is 0 Å². The lowest BCUT2D eigenvalue weighted by Gasteiger charge is -2.11. The van der Waals surface area contributed by atoms with E-state index in [1.165, 1.54) is 5.56 Å². The first kappa shape index (κ1) is 15.3. The number of nitrogens with one attached hydrogen (secondary N) is 1. The van der Waals surface area contributed by atoms with Crippen LogP contribution in [0.15, 0.2) is 42.5 Å². The van der Waals surface area contributed by atoms with Crippen molar-refractivity contribution in [2.45, 2.75) is 26.2 Å². The van der Waals surface area contributed by atoms with Crippen LogP contribution in [0.2, 0.25) is 0 Å². The molecular formula is C19H20N2O2. The van der Waals surface area contributed by atoms with Crippen molar-refractivity contribution in [1.82, 2.24) is 0 Å². The molecule has 23 heavy (non-hydrogen) atoms. The third-order valence-corrected chi connectivity index (χ3v) is 4.23. The zero-order valence-electron chi connectivity index (χ0n) is 13.4. The van der Waals surface area contributed by atoms with Crippen molar-refractivity contribution in [2.24, 2.45) is 0 Å². The second kappa shape index (κ2) is 6.24. The maximum Gasteiger partial charge on any atom is 0.231 e. The van der Waals surface area contributed by atoms with E-state index in [0.717, 1.165) is 28.9 Å². The molecular weight excluding hydrogens is 288 g/mol. The molecule has 3 rings (SSSR count). The van der Waals surface area contributed by atoms with Gasteiger partial charge in [0.15, 0.2) is 0 Å². The van der Waals surface area contributed by atoms with Gasteiger partial charge in [0.05, 0.1) is 12.8 Å². The van der Waals surface area contributed by atoms with Crippen molar-refractivity contribution in [3.8, 4) is 0 Å². The predicted molar refractivity (Wildman–Crippen MR) is 91.7 cm³/mol. The summed E-state index contributed by atoms with van der Waals surface area (Å²) < 4.78 is 0. The second-order valence-corrected chi connectivity index (χ2v) is 5.87. The number of amides is 2. The molecule has 1 N–H and O–H groups in total. The summed E-state index contributed by atoms with van der Waals surface area (Å²) >= 11 is 0. The normalized spacial score (nSPS) is 13.1. The van der Waals surface area contributed by atoms with E-state index >= 15 is 0 Å². The molecule has 2 aromatic carbocycles. The Morgan fingerprint density at radius 3 is 2.52 bits per heavy atom. The van der Waals surface area contributed by atoms with E-state index in [-0.39, 0.29) is 11.8 Å². The average Bonchev–Trinajstić information content (AvgIpc) is 2.82. The fraction of sp³-hybridized carbons (Fsp3) is 0.263. The fourth-order valence-corrected chi connectivity index (χ4v) is 2.85. The van der Waals surface area contributed by atoms with Crippen LogP contribution in [0.25, 0.3) is 0 Å². The number of hydrogen-bond acceptors (Lipinski definition) is 2. The maximum absolute atomic E-state index is 12.2. The number of aryl methyl sites for hydroxylation is 1. The van der Waals surface area contributed by atoms with Gasteiger partial charge in [-0.15, -0.1) is 0 Å².